The van der Waals surface area contributed by atoms with Crippen LogP contribution in [0.15, 0.2) is 18.2 Å². The summed E-state index contributed by atoms with van der Waals surface area (Å²) < 4.78 is 13.2. The molecular formula is C12H18FN3O. The Balaban J connectivity index is 2.00. The number of β-amino-alcohol motifs (C(OH)–C–C–N with tert-alkyl or cyclic N) is 1. The highest BCUT2D eigenvalue weighted by Gasteiger charge is 2.17. The van der Waals surface area contributed by atoms with E-state index in [1.54, 1.807) is 6.07 Å². The van der Waals surface area contributed by atoms with Gasteiger partial charge in [-0.2, -0.15) is 0 Å². The molecule has 0 amide bonds. The van der Waals surface area contributed by atoms with Gasteiger partial charge >= 0.3 is 0 Å². The van der Waals surface area contributed by atoms with Gasteiger partial charge in [0.1, 0.15) is 5.82 Å². The minimum atomic E-state index is -0.294. The molecule has 5 heteroatoms. The van der Waals surface area contributed by atoms with Crippen LogP contribution in [0.25, 0.3) is 0 Å². The van der Waals surface area contributed by atoms with Crippen molar-refractivity contribution in [3.63, 3.8) is 0 Å². The van der Waals surface area contributed by atoms with Crippen LogP contribution in [0.3, 0.4) is 0 Å². The Bertz CT molecular complexity index is 358. The minimum Gasteiger partial charge on any atom is -0.399 e. The molecule has 4 nitrogen and oxygen atoms in total. The molecule has 17 heavy (non-hydrogen) atoms. The lowest BCUT2D eigenvalue weighted by Gasteiger charge is -2.35. The highest BCUT2D eigenvalue weighted by atomic mass is 19.1. The lowest BCUT2D eigenvalue weighted by atomic mass is 10.2. The second-order valence-electron chi connectivity index (χ2n) is 4.30. The number of nitrogens with zero attached hydrogens (tertiary/aromatic N) is 2. The topological polar surface area (TPSA) is 52.7 Å². The van der Waals surface area contributed by atoms with Gasteiger partial charge in [-0.05, 0) is 18.2 Å². The first-order valence-electron chi connectivity index (χ1n) is 5.83. The normalized spacial score (nSPS) is 17.4. The van der Waals surface area contributed by atoms with Gasteiger partial charge < -0.3 is 15.7 Å². The zero-order valence-electron chi connectivity index (χ0n) is 9.77. The van der Waals surface area contributed by atoms with E-state index in [-0.39, 0.29) is 12.4 Å². The van der Waals surface area contributed by atoms with Crippen LogP contribution >= 0.6 is 0 Å². The van der Waals surface area contributed by atoms with Crippen LogP contribution in [0.4, 0.5) is 15.8 Å². The molecule has 0 unspecified atom stereocenters. The highest BCUT2D eigenvalue weighted by Crippen LogP contribution is 2.21. The highest BCUT2D eigenvalue weighted by molar-refractivity contribution is 5.56. The summed E-state index contributed by atoms with van der Waals surface area (Å²) in [5.74, 6) is -0.294. The van der Waals surface area contributed by atoms with Crippen molar-refractivity contribution in [2.24, 2.45) is 0 Å². The second kappa shape index (κ2) is 5.33. The van der Waals surface area contributed by atoms with Crippen LogP contribution in [0.1, 0.15) is 0 Å². The smallest absolute Gasteiger partial charge is 0.127 e. The lowest BCUT2D eigenvalue weighted by molar-refractivity contribution is 0.189. The third-order valence-electron chi connectivity index (χ3n) is 3.06. The zero-order valence-corrected chi connectivity index (χ0v) is 9.77. The zero-order chi connectivity index (χ0) is 12.3. The molecule has 1 aliphatic heterocycles. The number of rotatable bonds is 3. The van der Waals surface area contributed by atoms with Crippen LogP contribution in [0.2, 0.25) is 0 Å². The van der Waals surface area contributed by atoms with Crippen molar-refractivity contribution in [2.75, 3.05) is 50.0 Å². The summed E-state index contributed by atoms with van der Waals surface area (Å²) in [6.45, 7) is 4.34. The number of hydrogen-bond donors (Lipinski definition) is 2. The van der Waals surface area contributed by atoms with E-state index in [1.165, 1.54) is 12.1 Å². The summed E-state index contributed by atoms with van der Waals surface area (Å²) in [6, 6.07) is 4.63. The third-order valence-corrected chi connectivity index (χ3v) is 3.06. The number of aliphatic hydroxyl groups is 1. The molecule has 0 aliphatic carbocycles. The lowest BCUT2D eigenvalue weighted by Crippen LogP contribution is -2.47. The molecule has 0 aromatic heterocycles. The van der Waals surface area contributed by atoms with E-state index in [2.05, 4.69) is 9.80 Å². The first-order chi connectivity index (χ1) is 8.19. The largest absolute Gasteiger partial charge is 0.399 e. The van der Waals surface area contributed by atoms with Crippen molar-refractivity contribution in [3.05, 3.63) is 24.0 Å². The fourth-order valence-electron chi connectivity index (χ4n) is 2.15. The molecule has 2 rings (SSSR count). The van der Waals surface area contributed by atoms with Gasteiger partial charge in [-0.1, -0.05) is 0 Å². The molecule has 1 aromatic rings. The SMILES string of the molecule is Nc1cc(F)cc(N2CCN(CCO)CC2)c1. The van der Waals surface area contributed by atoms with Crippen molar-refractivity contribution in [1.82, 2.24) is 4.90 Å². The molecule has 1 heterocycles. The molecule has 0 saturated carbocycles. The van der Waals surface area contributed by atoms with Gasteiger partial charge in [-0.3, -0.25) is 4.90 Å². The monoisotopic (exact) mass is 239 g/mol. The Hall–Kier alpha value is -1.33. The number of hydrogen-bond acceptors (Lipinski definition) is 4. The van der Waals surface area contributed by atoms with E-state index in [1.807, 2.05) is 0 Å². The molecule has 0 atom stereocenters. The number of nitrogen functional groups attached to an aromatic ring is 1. The Morgan fingerprint density at radius 3 is 2.47 bits per heavy atom. The summed E-state index contributed by atoms with van der Waals surface area (Å²) in [6.07, 6.45) is 0. The summed E-state index contributed by atoms with van der Waals surface area (Å²) in [4.78, 5) is 4.31. The Morgan fingerprint density at radius 1 is 1.18 bits per heavy atom. The molecule has 0 spiro atoms. The summed E-state index contributed by atoms with van der Waals surface area (Å²) in [5.41, 5.74) is 6.93. The Kier molecular flexibility index (Phi) is 3.81. The molecule has 0 bridgehead atoms. The number of nitrogens with two attached hydrogens (primary N) is 1. The van der Waals surface area contributed by atoms with E-state index >= 15 is 0 Å². The summed E-state index contributed by atoms with van der Waals surface area (Å²) in [7, 11) is 0. The van der Waals surface area contributed by atoms with Crippen LogP contribution < -0.4 is 10.6 Å². The fourth-order valence-corrected chi connectivity index (χ4v) is 2.15. The minimum absolute atomic E-state index is 0.187. The quantitative estimate of drug-likeness (QED) is 0.755. The Morgan fingerprint density at radius 2 is 1.88 bits per heavy atom. The molecule has 1 aliphatic rings. The number of aliphatic hydroxyl groups excluding tert-OH is 1. The van der Waals surface area contributed by atoms with E-state index in [4.69, 9.17) is 10.8 Å². The molecule has 0 radical (unpaired) electrons. The third kappa shape index (κ3) is 3.08. The summed E-state index contributed by atoms with van der Waals surface area (Å²) >= 11 is 0. The van der Waals surface area contributed by atoms with Gasteiger partial charge in [-0.15, -0.1) is 0 Å². The molecule has 3 N–H and O–H groups in total. The Labute approximate surface area is 100 Å². The summed E-state index contributed by atoms with van der Waals surface area (Å²) in [5, 5.41) is 8.85. The first-order valence-corrected chi connectivity index (χ1v) is 5.83. The van der Waals surface area contributed by atoms with Gasteiger partial charge in [0.15, 0.2) is 0 Å². The molecule has 1 saturated heterocycles. The van der Waals surface area contributed by atoms with E-state index < -0.39 is 0 Å². The average Bonchev–Trinajstić information content (AvgIpc) is 2.29. The van der Waals surface area contributed by atoms with Crippen molar-refractivity contribution in [1.29, 1.82) is 0 Å². The molecular weight excluding hydrogens is 221 g/mol. The van der Waals surface area contributed by atoms with Crippen molar-refractivity contribution in [3.8, 4) is 0 Å². The average molecular weight is 239 g/mol. The van der Waals surface area contributed by atoms with Crippen molar-refractivity contribution in [2.45, 2.75) is 0 Å². The van der Waals surface area contributed by atoms with Crippen LogP contribution in [-0.4, -0.2) is 49.3 Å². The molecule has 94 valence electrons. The first kappa shape index (κ1) is 12.1. The van der Waals surface area contributed by atoms with Gasteiger partial charge in [-0.25, -0.2) is 4.39 Å². The fraction of sp³-hybridized carbons (Fsp3) is 0.500. The number of anilines is 2. The maximum absolute atomic E-state index is 13.2. The number of halogens is 1. The number of piperazine rings is 1. The van der Waals surface area contributed by atoms with Crippen LogP contribution in [0.5, 0.6) is 0 Å². The molecule has 1 fully saturated rings. The predicted molar refractivity (Wildman–Crippen MR) is 66.6 cm³/mol. The maximum Gasteiger partial charge on any atom is 0.127 e. The standard InChI is InChI=1S/C12H18FN3O/c13-10-7-11(14)9-12(8-10)16-3-1-15(2-4-16)5-6-17/h7-9,17H,1-6,14H2. The predicted octanol–water partition coefficient (Wildman–Crippen LogP) is 0.522. The van der Waals surface area contributed by atoms with Crippen molar-refractivity contribution < 1.29 is 9.50 Å². The van der Waals surface area contributed by atoms with E-state index in [0.29, 0.717) is 12.2 Å². The van der Waals surface area contributed by atoms with Gasteiger partial charge in [0.25, 0.3) is 0 Å². The molecule has 1 aromatic carbocycles. The van der Waals surface area contributed by atoms with Crippen molar-refractivity contribution >= 4 is 11.4 Å². The number of benzene rings is 1. The van der Waals surface area contributed by atoms with Crippen LogP contribution in [-0.2, 0) is 0 Å². The van der Waals surface area contributed by atoms with E-state index in [9.17, 15) is 4.39 Å². The van der Waals surface area contributed by atoms with Gasteiger partial charge in [0.05, 0.1) is 6.61 Å². The van der Waals surface area contributed by atoms with Gasteiger partial charge in [0, 0.05) is 44.1 Å². The van der Waals surface area contributed by atoms with Gasteiger partial charge in [0.2, 0.25) is 0 Å². The maximum atomic E-state index is 13.2. The second-order valence-corrected chi connectivity index (χ2v) is 4.30. The van der Waals surface area contributed by atoms with E-state index in [0.717, 1.165) is 31.9 Å². The van der Waals surface area contributed by atoms with Crippen LogP contribution in [0, 0.1) is 5.82 Å².